The Kier molecular flexibility index (Phi) is 5.17. The molecule has 3 aromatic rings. The van der Waals surface area contributed by atoms with Crippen molar-refractivity contribution in [2.75, 3.05) is 32.1 Å². The van der Waals surface area contributed by atoms with Gasteiger partial charge in [0.1, 0.15) is 6.61 Å². The summed E-state index contributed by atoms with van der Waals surface area (Å²) in [5, 5.41) is 2.55. The van der Waals surface area contributed by atoms with E-state index in [0.29, 0.717) is 12.6 Å². The zero-order valence-electron chi connectivity index (χ0n) is 18.1. The molecule has 1 aliphatic heterocycles. The van der Waals surface area contributed by atoms with Crippen molar-refractivity contribution < 1.29 is 4.74 Å². The molecule has 152 valence electrons. The summed E-state index contributed by atoms with van der Waals surface area (Å²) in [5.74, 6) is 0. The van der Waals surface area contributed by atoms with E-state index in [2.05, 4.69) is 92.1 Å². The summed E-state index contributed by atoms with van der Waals surface area (Å²) in [6.45, 7) is 8.67. The standard InChI is InChI=1S/C24H30N4O/c1-17-19-13-14-28(22-12-8-10-18-9-6-7-11-20(18)22)15-21(19)26-23(25-17)29-16-24(2,3)27(4)5/h6-12H,13-16H2,1-5H3. The minimum absolute atomic E-state index is 0.0812. The van der Waals surface area contributed by atoms with E-state index >= 15 is 0 Å². The van der Waals surface area contributed by atoms with Crippen molar-refractivity contribution in [1.82, 2.24) is 14.9 Å². The highest BCUT2D eigenvalue weighted by Crippen LogP contribution is 2.31. The molecule has 4 rings (SSSR count). The van der Waals surface area contributed by atoms with E-state index in [9.17, 15) is 0 Å². The second kappa shape index (κ2) is 7.64. The molecule has 0 saturated carbocycles. The minimum Gasteiger partial charge on any atom is -0.461 e. The number of fused-ring (bicyclic) bond motifs is 2. The van der Waals surface area contributed by atoms with Crippen LogP contribution in [0.3, 0.4) is 0 Å². The summed E-state index contributed by atoms with van der Waals surface area (Å²) < 4.78 is 6.01. The van der Waals surface area contributed by atoms with Crippen LogP contribution in [0.1, 0.15) is 30.8 Å². The van der Waals surface area contributed by atoms with Gasteiger partial charge in [-0.05, 0) is 58.3 Å². The van der Waals surface area contributed by atoms with E-state index in [1.54, 1.807) is 0 Å². The van der Waals surface area contributed by atoms with Gasteiger partial charge in [-0.3, -0.25) is 0 Å². The van der Waals surface area contributed by atoms with E-state index in [-0.39, 0.29) is 5.54 Å². The topological polar surface area (TPSA) is 41.5 Å². The summed E-state index contributed by atoms with van der Waals surface area (Å²) in [7, 11) is 4.12. The maximum Gasteiger partial charge on any atom is 0.316 e. The summed E-state index contributed by atoms with van der Waals surface area (Å²) in [5.41, 5.74) is 4.56. The van der Waals surface area contributed by atoms with Gasteiger partial charge in [0, 0.05) is 28.9 Å². The molecular weight excluding hydrogens is 360 g/mol. The maximum absolute atomic E-state index is 6.01. The van der Waals surface area contributed by atoms with Crippen molar-refractivity contribution in [2.45, 2.75) is 39.3 Å². The lowest BCUT2D eigenvalue weighted by Gasteiger charge is -2.33. The highest BCUT2D eigenvalue weighted by atomic mass is 16.5. The Hall–Kier alpha value is -2.66. The number of hydrogen-bond donors (Lipinski definition) is 0. The van der Waals surface area contributed by atoms with Crippen LogP contribution in [-0.2, 0) is 13.0 Å². The molecule has 5 heteroatoms. The van der Waals surface area contributed by atoms with Crippen molar-refractivity contribution in [2.24, 2.45) is 0 Å². The van der Waals surface area contributed by atoms with Gasteiger partial charge in [-0.1, -0.05) is 36.4 Å². The lowest BCUT2D eigenvalue weighted by atomic mass is 10.0. The van der Waals surface area contributed by atoms with Crippen LogP contribution in [0.2, 0.25) is 0 Å². The Morgan fingerprint density at radius 2 is 1.83 bits per heavy atom. The highest BCUT2D eigenvalue weighted by Gasteiger charge is 2.25. The molecule has 0 atom stereocenters. The first-order valence-electron chi connectivity index (χ1n) is 10.2. The van der Waals surface area contributed by atoms with Crippen LogP contribution in [0.15, 0.2) is 42.5 Å². The fourth-order valence-electron chi connectivity index (χ4n) is 3.71. The highest BCUT2D eigenvalue weighted by molar-refractivity contribution is 5.94. The quantitative estimate of drug-likeness (QED) is 0.652. The van der Waals surface area contributed by atoms with E-state index in [1.165, 1.54) is 22.0 Å². The number of likely N-dealkylation sites (N-methyl/N-ethyl adjacent to an activating group) is 1. The summed E-state index contributed by atoms with van der Waals surface area (Å²) in [6.07, 6.45) is 0.952. The lowest BCUT2D eigenvalue weighted by Crippen LogP contribution is -2.43. The van der Waals surface area contributed by atoms with Gasteiger partial charge in [0.15, 0.2) is 0 Å². The number of rotatable bonds is 5. The van der Waals surface area contributed by atoms with E-state index < -0.39 is 0 Å². The van der Waals surface area contributed by atoms with Crippen LogP contribution in [-0.4, -0.2) is 47.7 Å². The molecule has 1 aromatic heterocycles. The molecule has 0 radical (unpaired) electrons. The molecule has 1 aliphatic rings. The third kappa shape index (κ3) is 3.92. The number of benzene rings is 2. The first kappa shape index (κ1) is 19.6. The smallest absolute Gasteiger partial charge is 0.316 e. The van der Waals surface area contributed by atoms with Gasteiger partial charge in [0.05, 0.1) is 12.2 Å². The summed E-state index contributed by atoms with van der Waals surface area (Å²) in [4.78, 5) is 14.0. The fourth-order valence-corrected chi connectivity index (χ4v) is 3.71. The second-order valence-electron chi connectivity index (χ2n) is 8.68. The Labute approximate surface area is 173 Å². The largest absolute Gasteiger partial charge is 0.461 e. The molecule has 0 bridgehead atoms. The summed E-state index contributed by atoms with van der Waals surface area (Å²) >= 11 is 0. The van der Waals surface area contributed by atoms with Gasteiger partial charge in [-0.2, -0.15) is 4.98 Å². The molecule has 0 saturated heterocycles. The first-order chi connectivity index (χ1) is 13.8. The van der Waals surface area contributed by atoms with Gasteiger partial charge < -0.3 is 14.5 Å². The molecule has 0 spiro atoms. The molecule has 2 heterocycles. The van der Waals surface area contributed by atoms with Crippen LogP contribution >= 0.6 is 0 Å². The van der Waals surface area contributed by atoms with Crippen LogP contribution in [0.4, 0.5) is 5.69 Å². The monoisotopic (exact) mass is 390 g/mol. The van der Waals surface area contributed by atoms with Crippen LogP contribution < -0.4 is 9.64 Å². The normalized spacial score (nSPS) is 14.3. The Balaban J connectivity index is 1.61. The average molecular weight is 391 g/mol. The van der Waals surface area contributed by atoms with Crippen molar-refractivity contribution in [1.29, 1.82) is 0 Å². The zero-order chi connectivity index (χ0) is 20.6. The van der Waals surface area contributed by atoms with E-state index in [1.807, 2.05) is 0 Å². The van der Waals surface area contributed by atoms with Gasteiger partial charge >= 0.3 is 6.01 Å². The molecule has 0 fully saturated rings. The van der Waals surface area contributed by atoms with Gasteiger partial charge in [-0.25, -0.2) is 4.98 Å². The molecule has 0 amide bonds. The lowest BCUT2D eigenvalue weighted by molar-refractivity contribution is 0.107. The minimum atomic E-state index is -0.0812. The molecule has 0 aliphatic carbocycles. The SMILES string of the molecule is Cc1nc(OCC(C)(C)N(C)C)nc2c1CCN(c1cccc3ccccc13)C2. The number of aromatic nitrogens is 2. The van der Waals surface area contributed by atoms with Gasteiger partial charge in [0.2, 0.25) is 0 Å². The number of ether oxygens (including phenoxy) is 1. The Morgan fingerprint density at radius 3 is 2.62 bits per heavy atom. The van der Waals surface area contributed by atoms with Crippen molar-refractivity contribution in [3.63, 3.8) is 0 Å². The predicted octanol–water partition coefficient (Wildman–Crippen LogP) is 4.22. The van der Waals surface area contributed by atoms with Crippen LogP contribution in [0.25, 0.3) is 10.8 Å². The van der Waals surface area contributed by atoms with E-state index in [4.69, 9.17) is 9.72 Å². The molecular formula is C24H30N4O. The first-order valence-corrected chi connectivity index (χ1v) is 10.2. The second-order valence-corrected chi connectivity index (χ2v) is 8.68. The third-order valence-corrected chi connectivity index (χ3v) is 6.12. The number of anilines is 1. The fraction of sp³-hybridized carbons (Fsp3) is 0.417. The summed E-state index contributed by atoms with van der Waals surface area (Å²) in [6, 6.07) is 15.6. The number of aryl methyl sites for hydroxylation is 1. The number of hydrogen-bond acceptors (Lipinski definition) is 5. The number of nitrogens with zero attached hydrogens (tertiary/aromatic N) is 4. The van der Waals surface area contributed by atoms with Crippen LogP contribution in [0, 0.1) is 6.92 Å². The van der Waals surface area contributed by atoms with Crippen molar-refractivity contribution in [3.05, 3.63) is 59.4 Å². The molecule has 2 aromatic carbocycles. The Bertz CT molecular complexity index is 1020. The van der Waals surface area contributed by atoms with Crippen LogP contribution in [0.5, 0.6) is 6.01 Å². The van der Waals surface area contributed by atoms with Crippen molar-refractivity contribution >= 4 is 16.5 Å². The molecule has 0 unspecified atom stereocenters. The van der Waals surface area contributed by atoms with Gasteiger partial charge in [0.25, 0.3) is 0 Å². The zero-order valence-corrected chi connectivity index (χ0v) is 18.1. The maximum atomic E-state index is 6.01. The van der Waals surface area contributed by atoms with Crippen molar-refractivity contribution in [3.8, 4) is 6.01 Å². The average Bonchev–Trinajstić information content (AvgIpc) is 2.71. The molecule has 0 N–H and O–H groups in total. The molecule has 5 nitrogen and oxygen atoms in total. The van der Waals surface area contributed by atoms with Gasteiger partial charge in [-0.15, -0.1) is 0 Å². The van der Waals surface area contributed by atoms with E-state index in [0.717, 1.165) is 30.9 Å². The third-order valence-electron chi connectivity index (χ3n) is 6.12. The predicted molar refractivity (Wildman–Crippen MR) is 119 cm³/mol. The molecule has 29 heavy (non-hydrogen) atoms. The Morgan fingerprint density at radius 1 is 1.07 bits per heavy atom.